The van der Waals surface area contributed by atoms with Gasteiger partial charge in [-0.3, -0.25) is 4.74 Å². The lowest BCUT2D eigenvalue weighted by molar-refractivity contribution is -0.142. The molecule has 0 saturated carbocycles. The summed E-state index contributed by atoms with van der Waals surface area (Å²) in [5.41, 5.74) is 0. The largest absolute Gasteiger partial charge is 0.346 e. The van der Waals surface area contributed by atoms with Gasteiger partial charge in [0.1, 0.15) is 0 Å². The Bertz CT molecular complexity index is 202. The van der Waals surface area contributed by atoms with Gasteiger partial charge in [0, 0.05) is 0 Å². The van der Waals surface area contributed by atoms with Gasteiger partial charge in [-0.2, -0.15) is 8.78 Å². The van der Waals surface area contributed by atoms with Crippen LogP contribution in [-0.2, 0) is 4.74 Å². The minimum absolute atomic E-state index is 2.20. The Hall–Kier alpha value is -0.0000000000000000555. The smallest absolute Gasteiger partial charge is 0.271 e. The highest BCUT2D eigenvalue weighted by atomic mass is 35.5. The topological polar surface area (TPSA) is 9.23 Å². The van der Waals surface area contributed by atoms with Crippen molar-refractivity contribution < 1.29 is 22.3 Å². The van der Waals surface area contributed by atoms with E-state index in [4.69, 9.17) is 0 Å². The Kier molecular flexibility index (Phi) is 1.85. The molecule has 7 heteroatoms. The molecule has 0 aromatic rings. The number of alkyl halides is 4. The van der Waals surface area contributed by atoms with E-state index in [0.29, 0.717) is 0 Å². The zero-order valence-electron chi connectivity index (χ0n) is 4.68. The summed E-state index contributed by atoms with van der Waals surface area (Å²) >= 11 is 9.02. The summed E-state index contributed by atoms with van der Waals surface area (Å²) in [7, 11) is 0. The first kappa shape index (κ1) is 9.09. The van der Waals surface area contributed by atoms with Crippen LogP contribution in [0.5, 0.6) is 0 Å². The van der Waals surface area contributed by atoms with Crippen LogP contribution in [0.2, 0.25) is 0 Å². The van der Waals surface area contributed by atoms with E-state index in [1.807, 2.05) is 0 Å². The standard InChI is InChI=1S/C4Cl2F4O/c5-3(9)1(7)2(8)4(6,10)11-3/t3-,4+. The van der Waals surface area contributed by atoms with Crippen LogP contribution in [0.1, 0.15) is 0 Å². The third-order valence-corrected chi connectivity index (χ3v) is 1.45. The van der Waals surface area contributed by atoms with Crippen LogP contribution >= 0.6 is 23.2 Å². The van der Waals surface area contributed by atoms with Crippen molar-refractivity contribution in [3.63, 3.8) is 0 Å². The fraction of sp³-hybridized carbons (Fsp3) is 0.500. The molecule has 1 nitrogen and oxygen atoms in total. The molecule has 1 rings (SSSR count). The highest BCUT2D eigenvalue weighted by Crippen LogP contribution is 2.50. The number of ether oxygens (including phenoxy) is 1. The molecule has 0 unspecified atom stereocenters. The molecule has 1 aliphatic rings. The molecule has 64 valence electrons. The molecule has 0 saturated heterocycles. The van der Waals surface area contributed by atoms with Crippen molar-refractivity contribution in [1.29, 1.82) is 0 Å². The fourth-order valence-corrected chi connectivity index (χ4v) is 0.924. The van der Waals surface area contributed by atoms with Gasteiger partial charge in [-0.1, -0.05) is 0 Å². The van der Waals surface area contributed by atoms with Crippen LogP contribution in [0.15, 0.2) is 11.7 Å². The minimum atomic E-state index is -3.64. The molecule has 0 amide bonds. The number of rotatable bonds is 0. The van der Waals surface area contributed by atoms with E-state index >= 15 is 0 Å². The zero-order chi connectivity index (χ0) is 8.86. The molecular formula is C4Cl2F4O. The lowest BCUT2D eigenvalue weighted by atomic mass is 10.5. The molecule has 0 aliphatic carbocycles. The first-order chi connectivity index (χ1) is 4.77. The van der Waals surface area contributed by atoms with Gasteiger partial charge in [-0.25, -0.2) is 8.78 Å². The van der Waals surface area contributed by atoms with Crippen molar-refractivity contribution in [2.45, 2.75) is 10.6 Å². The maximum atomic E-state index is 12.3. The summed E-state index contributed by atoms with van der Waals surface area (Å²) in [6, 6.07) is 0. The maximum absolute atomic E-state index is 12.3. The predicted molar refractivity (Wildman–Crippen MR) is 29.7 cm³/mol. The molecule has 0 spiro atoms. The first-order valence-electron chi connectivity index (χ1n) is 2.29. The minimum Gasteiger partial charge on any atom is -0.271 e. The summed E-state index contributed by atoms with van der Waals surface area (Å²) in [5.74, 6) is -4.40. The van der Waals surface area contributed by atoms with Gasteiger partial charge < -0.3 is 0 Å². The van der Waals surface area contributed by atoms with Crippen molar-refractivity contribution in [2.24, 2.45) is 0 Å². The van der Waals surface area contributed by atoms with Crippen LogP contribution in [0, 0.1) is 0 Å². The maximum Gasteiger partial charge on any atom is 0.346 e. The van der Waals surface area contributed by atoms with Gasteiger partial charge in [0.2, 0.25) is 11.7 Å². The first-order valence-corrected chi connectivity index (χ1v) is 3.05. The van der Waals surface area contributed by atoms with Gasteiger partial charge in [-0.05, 0) is 23.2 Å². The average molecular weight is 211 g/mol. The van der Waals surface area contributed by atoms with E-state index in [1.165, 1.54) is 0 Å². The molecule has 0 N–H and O–H groups in total. The van der Waals surface area contributed by atoms with E-state index in [0.717, 1.165) is 0 Å². The van der Waals surface area contributed by atoms with Crippen LogP contribution < -0.4 is 0 Å². The summed E-state index contributed by atoms with van der Waals surface area (Å²) in [4.78, 5) is 0. The Morgan fingerprint density at radius 2 is 1.27 bits per heavy atom. The molecule has 0 aromatic carbocycles. The second kappa shape index (κ2) is 2.24. The summed E-state index contributed by atoms with van der Waals surface area (Å²) in [5, 5.41) is -7.28. The van der Waals surface area contributed by atoms with Crippen LogP contribution in [0.25, 0.3) is 0 Å². The second-order valence-electron chi connectivity index (χ2n) is 1.76. The van der Waals surface area contributed by atoms with Crippen LogP contribution in [0.3, 0.4) is 0 Å². The third-order valence-electron chi connectivity index (χ3n) is 0.960. The molecule has 1 aliphatic heterocycles. The van der Waals surface area contributed by atoms with Gasteiger partial charge in [0.25, 0.3) is 0 Å². The number of hydrogen-bond acceptors (Lipinski definition) is 1. The van der Waals surface area contributed by atoms with E-state index in [2.05, 4.69) is 27.9 Å². The van der Waals surface area contributed by atoms with Gasteiger partial charge in [0.05, 0.1) is 0 Å². The van der Waals surface area contributed by atoms with Gasteiger partial charge in [-0.15, -0.1) is 0 Å². The molecule has 2 atom stereocenters. The summed E-state index contributed by atoms with van der Waals surface area (Å²) in [6.07, 6.45) is 0. The zero-order valence-corrected chi connectivity index (χ0v) is 6.19. The van der Waals surface area contributed by atoms with E-state index in [9.17, 15) is 17.6 Å². The van der Waals surface area contributed by atoms with Crippen molar-refractivity contribution >= 4 is 23.2 Å². The molecule has 0 radical (unpaired) electrons. The summed E-state index contributed by atoms with van der Waals surface area (Å²) < 4.78 is 52.2. The normalized spacial score (nSPS) is 45.3. The number of hydrogen-bond donors (Lipinski definition) is 0. The Balaban J connectivity index is 3.09. The van der Waals surface area contributed by atoms with Gasteiger partial charge in [0.15, 0.2) is 0 Å². The lowest BCUT2D eigenvalue weighted by Gasteiger charge is -2.12. The highest BCUT2D eigenvalue weighted by molar-refractivity contribution is 6.27. The van der Waals surface area contributed by atoms with E-state index in [1.54, 1.807) is 0 Å². The molecular weight excluding hydrogens is 211 g/mol. The summed E-state index contributed by atoms with van der Waals surface area (Å²) in [6.45, 7) is 0. The molecule has 0 aromatic heterocycles. The molecule has 0 fully saturated rings. The Morgan fingerprint density at radius 1 is 1.00 bits per heavy atom. The molecule has 11 heavy (non-hydrogen) atoms. The highest BCUT2D eigenvalue weighted by Gasteiger charge is 2.58. The van der Waals surface area contributed by atoms with Crippen LogP contribution in [0.4, 0.5) is 17.6 Å². The van der Waals surface area contributed by atoms with E-state index in [-0.39, 0.29) is 0 Å². The fourth-order valence-electron chi connectivity index (χ4n) is 0.506. The van der Waals surface area contributed by atoms with Crippen molar-refractivity contribution in [3.8, 4) is 0 Å². The SMILES string of the molecule is FC1=C(F)[C@](F)(Cl)O[C@]1(F)Cl. The monoisotopic (exact) mass is 210 g/mol. The number of halogens is 6. The second-order valence-corrected chi connectivity index (χ2v) is 2.74. The Morgan fingerprint density at radius 3 is 1.36 bits per heavy atom. The van der Waals surface area contributed by atoms with Crippen LogP contribution in [-0.4, -0.2) is 10.6 Å². The molecule has 1 heterocycles. The van der Waals surface area contributed by atoms with Gasteiger partial charge >= 0.3 is 10.6 Å². The third kappa shape index (κ3) is 1.32. The van der Waals surface area contributed by atoms with Crippen molar-refractivity contribution in [2.75, 3.05) is 0 Å². The average Bonchev–Trinajstić information content (AvgIpc) is 1.91. The van der Waals surface area contributed by atoms with Crippen molar-refractivity contribution in [3.05, 3.63) is 11.7 Å². The Labute approximate surface area is 68.5 Å². The van der Waals surface area contributed by atoms with Crippen molar-refractivity contribution in [1.82, 2.24) is 0 Å². The molecule has 0 bridgehead atoms. The lowest BCUT2D eigenvalue weighted by Crippen LogP contribution is -2.22. The predicted octanol–water partition coefficient (Wildman–Crippen LogP) is 2.89. The van der Waals surface area contributed by atoms with E-state index < -0.39 is 22.3 Å². The quantitative estimate of drug-likeness (QED) is 0.442.